The van der Waals surface area contributed by atoms with Gasteiger partial charge in [-0.05, 0) is 42.2 Å². The lowest BCUT2D eigenvalue weighted by Crippen LogP contribution is -2.24. The fourth-order valence-corrected chi connectivity index (χ4v) is 2.99. The number of nitrogens with one attached hydrogen (secondary N) is 1. The minimum absolute atomic E-state index is 0.141. The molecule has 1 aromatic heterocycles. The van der Waals surface area contributed by atoms with E-state index in [4.69, 9.17) is 4.42 Å². The molecule has 7 heteroatoms. The van der Waals surface area contributed by atoms with Crippen molar-refractivity contribution < 1.29 is 17.6 Å². The predicted molar refractivity (Wildman–Crippen MR) is 108 cm³/mol. The largest absolute Gasteiger partial charge is 0.460 e. The number of carbonyl (C=O) groups is 1. The van der Waals surface area contributed by atoms with E-state index in [1.807, 2.05) is 18.2 Å². The molecule has 2 aromatic rings. The Morgan fingerprint density at radius 1 is 1.15 bits per heavy atom. The molecule has 0 spiro atoms. The second kappa shape index (κ2) is 9.01. The van der Waals surface area contributed by atoms with Crippen LogP contribution in [-0.2, 0) is 34.2 Å². The number of amides is 1. The summed E-state index contributed by atoms with van der Waals surface area (Å²) in [5, 5.41) is 2.96. The molecule has 0 fully saturated rings. The van der Waals surface area contributed by atoms with E-state index in [9.17, 15) is 13.2 Å². The van der Waals surface area contributed by atoms with Crippen LogP contribution in [-0.4, -0.2) is 31.9 Å². The Labute approximate surface area is 160 Å². The molecule has 0 saturated heterocycles. The summed E-state index contributed by atoms with van der Waals surface area (Å²) in [5.74, 6) is 0.755. The summed E-state index contributed by atoms with van der Waals surface area (Å²) < 4.78 is 29.7. The van der Waals surface area contributed by atoms with E-state index < -0.39 is 10.0 Å². The number of nitrogens with zero attached hydrogens (tertiary/aromatic N) is 1. The lowest BCUT2D eigenvalue weighted by molar-refractivity contribution is -0.111. The zero-order valence-corrected chi connectivity index (χ0v) is 17.0. The molecule has 1 aromatic carbocycles. The van der Waals surface area contributed by atoms with Crippen LogP contribution in [0.2, 0.25) is 0 Å². The summed E-state index contributed by atoms with van der Waals surface area (Å²) in [6, 6.07) is 9.42. The molecule has 0 radical (unpaired) electrons. The maximum Gasteiger partial charge on any atom is 0.248 e. The van der Waals surface area contributed by atoms with Gasteiger partial charge in [0, 0.05) is 18.8 Å². The Morgan fingerprint density at radius 2 is 1.78 bits per heavy atom. The minimum atomic E-state index is -3.27. The van der Waals surface area contributed by atoms with Crippen molar-refractivity contribution in [3.05, 3.63) is 59.1 Å². The predicted octanol–water partition coefficient (Wildman–Crippen LogP) is 3.45. The smallest absolute Gasteiger partial charge is 0.248 e. The quantitative estimate of drug-likeness (QED) is 0.700. The number of carbonyl (C=O) groups excluding carboxylic acids is 1. The van der Waals surface area contributed by atoms with Gasteiger partial charge in [0.25, 0.3) is 0 Å². The molecule has 0 bridgehead atoms. The average molecular weight is 391 g/mol. The van der Waals surface area contributed by atoms with Crippen molar-refractivity contribution in [1.82, 2.24) is 4.31 Å². The highest BCUT2D eigenvalue weighted by Gasteiger charge is 2.13. The molecular formula is C20H26N2O4S. The molecule has 146 valence electrons. The highest BCUT2D eigenvalue weighted by Crippen LogP contribution is 2.22. The van der Waals surface area contributed by atoms with Crippen molar-refractivity contribution in [1.29, 1.82) is 0 Å². The normalized spacial score (nSPS) is 12.0. The fourth-order valence-electron chi connectivity index (χ4n) is 2.63. The molecule has 0 aliphatic heterocycles. The van der Waals surface area contributed by atoms with Crippen LogP contribution in [0.15, 0.2) is 40.8 Å². The fraction of sp³-hybridized carbons (Fsp3) is 0.350. The number of anilines is 1. The van der Waals surface area contributed by atoms with Crippen molar-refractivity contribution >= 4 is 27.7 Å². The van der Waals surface area contributed by atoms with Gasteiger partial charge in [0.1, 0.15) is 11.5 Å². The molecule has 1 N–H and O–H groups in total. The SMILES string of the molecule is CCc1cccc(CC)c1NC(=O)/C=C/c1ccc(CN(C)S(C)(=O)=O)o1. The molecular weight excluding hydrogens is 364 g/mol. The monoisotopic (exact) mass is 390 g/mol. The van der Waals surface area contributed by atoms with E-state index in [0.29, 0.717) is 11.5 Å². The maximum atomic E-state index is 12.3. The van der Waals surface area contributed by atoms with E-state index in [0.717, 1.165) is 35.9 Å². The standard InChI is InChI=1S/C20H26N2O4S/c1-5-15-8-7-9-16(6-2)20(15)21-19(23)13-12-17-10-11-18(26-17)14-22(3)27(4,24)25/h7-13H,5-6,14H2,1-4H3,(H,21,23)/b13-12+. The minimum Gasteiger partial charge on any atom is -0.460 e. The third-order valence-electron chi connectivity index (χ3n) is 4.27. The van der Waals surface area contributed by atoms with Gasteiger partial charge in [0.05, 0.1) is 12.8 Å². The van der Waals surface area contributed by atoms with Crippen LogP contribution in [0.3, 0.4) is 0 Å². The van der Waals surface area contributed by atoms with E-state index in [-0.39, 0.29) is 12.5 Å². The van der Waals surface area contributed by atoms with Crippen LogP contribution in [0.4, 0.5) is 5.69 Å². The van der Waals surface area contributed by atoms with E-state index in [1.165, 1.54) is 17.4 Å². The van der Waals surface area contributed by atoms with Crippen molar-refractivity contribution in [2.75, 3.05) is 18.6 Å². The van der Waals surface area contributed by atoms with Crippen LogP contribution >= 0.6 is 0 Å². The van der Waals surface area contributed by atoms with Crippen LogP contribution in [0.1, 0.15) is 36.5 Å². The maximum absolute atomic E-state index is 12.3. The molecule has 1 amide bonds. The summed E-state index contributed by atoms with van der Waals surface area (Å²) in [7, 11) is -1.79. The van der Waals surface area contributed by atoms with Crippen LogP contribution in [0.5, 0.6) is 0 Å². The van der Waals surface area contributed by atoms with Gasteiger partial charge in [-0.15, -0.1) is 0 Å². The van der Waals surface area contributed by atoms with Crippen molar-refractivity contribution in [2.45, 2.75) is 33.2 Å². The van der Waals surface area contributed by atoms with Crippen molar-refractivity contribution in [3.63, 3.8) is 0 Å². The third kappa shape index (κ3) is 5.80. The lowest BCUT2D eigenvalue weighted by atomic mass is 10.0. The van der Waals surface area contributed by atoms with Gasteiger partial charge in [-0.3, -0.25) is 4.79 Å². The molecule has 0 aliphatic rings. The number of furan rings is 1. The van der Waals surface area contributed by atoms with Gasteiger partial charge < -0.3 is 9.73 Å². The van der Waals surface area contributed by atoms with Crippen LogP contribution in [0.25, 0.3) is 6.08 Å². The Hall–Kier alpha value is -2.38. The third-order valence-corrected chi connectivity index (χ3v) is 5.53. The first kappa shape index (κ1) is 20.9. The molecule has 0 aliphatic carbocycles. The van der Waals surface area contributed by atoms with Crippen LogP contribution < -0.4 is 5.32 Å². The number of sulfonamides is 1. The van der Waals surface area contributed by atoms with E-state index in [2.05, 4.69) is 19.2 Å². The number of para-hydroxylation sites is 1. The molecule has 6 nitrogen and oxygen atoms in total. The van der Waals surface area contributed by atoms with Gasteiger partial charge in [0.2, 0.25) is 15.9 Å². The number of aryl methyl sites for hydroxylation is 2. The average Bonchev–Trinajstić information content (AvgIpc) is 3.06. The van der Waals surface area contributed by atoms with Gasteiger partial charge in [-0.25, -0.2) is 8.42 Å². The van der Waals surface area contributed by atoms with Crippen molar-refractivity contribution in [3.8, 4) is 0 Å². The summed E-state index contributed by atoms with van der Waals surface area (Å²) in [6.45, 7) is 4.25. The van der Waals surface area contributed by atoms with Gasteiger partial charge in [-0.1, -0.05) is 32.0 Å². The van der Waals surface area contributed by atoms with Crippen molar-refractivity contribution in [2.24, 2.45) is 0 Å². The zero-order chi connectivity index (χ0) is 20.0. The summed E-state index contributed by atoms with van der Waals surface area (Å²) in [6.07, 6.45) is 5.79. The number of hydrogen-bond acceptors (Lipinski definition) is 4. The molecule has 1 heterocycles. The van der Waals surface area contributed by atoms with Gasteiger partial charge in [-0.2, -0.15) is 4.31 Å². The Bertz CT molecular complexity index is 907. The summed E-state index contributed by atoms with van der Waals surface area (Å²) >= 11 is 0. The number of hydrogen-bond donors (Lipinski definition) is 1. The molecule has 2 rings (SSSR count). The Kier molecular flexibility index (Phi) is 6.98. The summed E-state index contributed by atoms with van der Waals surface area (Å²) in [5.41, 5.74) is 3.06. The molecule has 0 atom stereocenters. The second-order valence-electron chi connectivity index (χ2n) is 6.30. The first-order valence-corrected chi connectivity index (χ1v) is 10.7. The topological polar surface area (TPSA) is 79.6 Å². The highest BCUT2D eigenvalue weighted by molar-refractivity contribution is 7.88. The highest BCUT2D eigenvalue weighted by atomic mass is 32.2. The Morgan fingerprint density at radius 3 is 2.33 bits per heavy atom. The molecule has 27 heavy (non-hydrogen) atoms. The van der Waals surface area contributed by atoms with E-state index in [1.54, 1.807) is 18.2 Å². The zero-order valence-electron chi connectivity index (χ0n) is 16.2. The first-order valence-electron chi connectivity index (χ1n) is 8.84. The first-order chi connectivity index (χ1) is 12.7. The Balaban J connectivity index is 2.06. The van der Waals surface area contributed by atoms with Gasteiger partial charge >= 0.3 is 0 Å². The lowest BCUT2D eigenvalue weighted by Gasteiger charge is -2.13. The number of benzene rings is 1. The number of rotatable bonds is 8. The molecule has 0 saturated carbocycles. The van der Waals surface area contributed by atoms with Crippen LogP contribution in [0, 0.1) is 0 Å². The second-order valence-corrected chi connectivity index (χ2v) is 8.39. The summed E-state index contributed by atoms with van der Waals surface area (Å²) in [4.78, 5) is 12.3. The van der Waals surface area contributed by atoms with Gasteiger partial charge in [0.15, 0.2) is 0 Å². The van der Waals surface area contributed by atoms with E-state index >= 15 is 0 Å². The molecule has 0 unspecified atom stereocenters.